The normalized spacial score (nSPS) is 10.8. The molecule has 0 saturated carbocycles. The molecule has 0 saturated heterocycles. The lowest BCUT2D eigenvalue weighted by Crippen LogP contribution is -2.14. The SMILES string of the molecule is CC(C)OC(=O)c1nnn(Cc2ccccc2F)c1N. The minimum Gasteiger partial charge on any atom is -0.458 e. The van der Waals surface area contributed by atoms with E-state index in [0.717, 1.165) is 0 Å². The first-order chi connectivity index (χ1) is 9.49. The summed E-state index contributed by atoms with van der Waals surface area (Å²) in [5.74, 6) is -0.954. The molecule has 1 aromatic heterocycles. The number of halogens is 1. The first-order valence-electron chi connectivity index (χ1n) is 6.12. The van der Waals surface area contributed by atoms with Crippen LogP contribution >= 0.6 is 0 Å². The molecule has 2 N–H and O–H groups in total. The Morgan fingerprint density at radius 3 is 2.80 bits per heavy atom. The van der Waals surface area contributed by atoms with Crippen LogP contribution in [0.25, 0.3) is 0 Å². The van der Waals surface area contributed by atoms with E-state index in [-0.39, 0.29) is 30.0 Å². The van der Waals surface area contributed by atoms with Gasteiger partial charge in [0.05, 0.1) is 12.6 Å². The number of esters is 1. The number of aromatic nitrogens is 3. The summed E-state index contributed by atoms with van der Waals surface area (Å²) in [5.41, 5.74) is 6.14. The van der Waals surface area contributed by atoms with Gasteiger partial charge in [0.2, 0.25) is 5.69 Å². The average molecular weight is 278 g/mol. The van der Waals surface area contributed by atoms with Crippen LogP contribution < -0.4 is 5.73 Å². The molecule has 0 aliphatic heterocycles. The van der Waals surface area contributed by atoms with Gasteiger partial charge >= 0.3 is 5.97 Å². The molecule has 2 rings (SSSR count). The zero-order valence-corrected chi connectivity index (χ0v) is 11.2. The standard InChI is InChI=1S/C13H15FN4O2/c1-8(2)20-13(19)11-12(15)18(17-16-11)7-9-5-3-4-6-10(9)14/h3-6,8H,7,15H2,1-2H3. The van der Waals surface area contributed by atoms with Crippen molar-refractivity contribution in [3.63, 3.8) is 0 Å². The molecule has 2 aromatic rings. The fourth-order valence-corrected chi connectivity index (χ4v) is 1.64. The highest BCUT2D eigenvalue weighted by Crippen LogP contribution is 2.14. The minimum absolute atomic E-state index is 0.0545. The summed E-state index contributed by atoms with van der Waals surface area (Å²) in [6.07, 6.45) is -0.279. The molecular formula is C13H15FN4O2. The molecule has 0 bridgehead atoms. The zero-order valence-electron chi connectivity index (χ0n) is 11.2. The number of hydrogen-bond acceptors (Lipinski definition) is 5. The zero-order chi connectivity index (χ0) is 14.7. The van der Waals surface area contributed by atoms with Crippen LogP contribution in [0.15, 0.2) is 24.3 Å². The molecule has 0 amide bonds. The Balaban J connectivity index is 2.21. The second kappa shape index (κ2) is 5.68. The van der Waals surface area contributed by atoms with Crippen molar-refractivity contribution < 1.29 is 13.9 Å². The number of carbonyl (C=O) groups excluding carboxylic acids is 1. The van der Waals surface area contributed by atoms with Crippen molar-refractivity contribution >= 4 is 11.8 Å². The third-order valence-electron chi connectivity index (χ3n) is 2.59. The monoisotopic (exact) mass is 278 g/mol. The van der Waals surface area contributed by atoms with E-state index in [9.17, 15) is 9.18 Å². The van der Waals surface area contributed by atoms with Gasteiger partial charge in [-0.25, -0.2) is 13.9 Å². The Kier molecular flexibility index (Phi) is 3.97. The first kappa shape index (κ1) is 14.0. The molecule has 1 aromatic carbocycles. The van der Waals surface area contributed by atoms with Crippen molar-refractivity contribution in [1.82, 2.24) is 15.0 Å². The third-order valence-corrected chi connectivity index (χ3v) is 2.59. The third kappa shape index (κ3) is 2.93. The van der Waals surface area contributed by atoms with E-state index in [1.807, 2.05) is 0 Å². The molecule has 20 heavy (non-hydrogen) atoms. The van der Waals surface area contributed by atoms with E-state index in [1.54, 1.807) is 32.0 Å². The van der Waals surface area contributed by atoms with Crippen LogP contribution in [0.4, 0.5) is 10.2 Å². The molecule has 1 heterocycles. The number of ether oxygens (including phenoxy) is 1. The van der Waals surface area contributed by atoms with Crippen LogP contribution in [0.2, 0.25) is 0 Å². The van der Waals surface area contributed by atoms with Crippen LogP contribution in [0.5, 0.6) is 0 Å². The predicted octanol–water partition coefficient (Wildman–Crippen LogP) is 1.61. The van der Waals surface area contributed by atoms with Gasteiger partial charge in [-0.15, -0.1) is 5.10 Å². The molecule has 0 spiro atoms. The summed E-state index contributed by atoms with van der Waals surface area (Å²) in [7, 11) is 0. The van der Waals surface area contributed by atoms with Crippen molar-refractivity contribution in [3.05, 3.63) is 41.3 Å². The summed E-state index contributed by atoms with van der Waals surface area (Å²) in [4.78, 5) is 11.7. The second-order valence-electron chi connectivity index (χ2n) is 4.53. The molecule has 0 fully saturated rings. The Morgan fingerprint density at radius 1 is 1.45 bits per heavy atom. The van der Waals surface area contributed by atoms with Crippen molar-refractivity contribution in [1.29, 1.82) is 0 Å². The first-order valence-corrected chi connectivity index (χ1v) is 6.12. The van der Waals surface area contributed by atoms with Gasteiger partial charge in [0.1, 0.15) is 5.82 Å². The number of rotatable bonds is 4. The maximum atomic E-state index is 13.6. The van der Waals surface area contributed by atoms with Crippen LogP contribution in [0.3, 0.4) is 0 Å². The van der Waals surface area contributed by atoms with E-state index in [2.05, 4.69) is 10.3 Å². The van der Waals surface area contributed by atoms with Crippen LogP contribution in [-0.2, 0) is 11.3 Å². The Morgan fingerprint density at radius 2 is 2.15 bits per heavy atom. The topological polar surface area (TPSA) is 83.0 Å². The summed E-state index contributed by atoms with van der Waals surface area (Å²) in [6.45, 7) is 3.54. The summed E-state index contributed by atoms with van der Waals surface area (Å²) in [5, 5.41) is 7.44. The number of hydrogen-bond donors (Lipinski definition) is 1. The van der Waals surface area contributed by atoms with Gasteiger partial charge in [-0.05, 0) is 19.9 Å². The fraction of sp³-hybridized carbons (Fsp3) is 0.308. The van der Waals surface area contributed by atoms with Crippen LogP contribution in [-0.4, -0.2) is 27.1 Å². The molecule has 0 atom stereocenters. The lowest BCUT2D eigenvalue weighted by Gasteiger charge is -2.07. The molecule has 0 aliphatic carbocycles. The van der Waals surface area contributed by atoms with Crippen molar-refractivity contribution in [3.8, 4) is 0 Å². The van der Waals surface area contributed by atoms with E-state index < -0.39 is 5.97 Å². The van der Waals surface area contributed by atoms with Gasteiger partial charge < -0.3 is 10.5 Å². The summed E-state index contributed by atoms with van der Waals surface area (Å²) >= 11 is 0. The largest absolute Gasteiger partial charge is 0.458 e. The number of nitrogens with zero attached hydrogens (tertiary/aromatic N) is 3. The fourth-order valence-electron chi connectivity index (χ4n) is 1.64. The Labute approximate surface area is 115 Å². The quantitative estimate of drug-likeness (QED) is 0.859. The molecular weight excluding hydrogens is 263 g/mol. The highest BCUT2D eigenvalue weighted by molar-refractivity contribution is 5.91. The molecule has 0 radical (unpaired) electrons. The second-order valence-corrected chi connectivity index (χ2v) is 4.53. The van der Waals surface area contributed by atoms with Gasteiger partial charge in [-0.3, -0.25) is 0 Å². The lowest BCUT2D eigenvalue weighted by atomic mass is 10.2. The Hall–Kier alpha value is -2.44. The van der Waals surface area contributed by atoms with Gasteiger partial charge in [-0.2, -0.15) is 0 Å². The predicted molar refractivity (Wildman–Crippen MR) is 70.5 cm³/mol. The molecule has 0 unspecified atom stereocenters. The smallest absolute Gasteiger partial charge is 0.363 e. The molecule has 106 valence electrons. The van der Waals surface area contributed by atoms with Crippen LogP contribution in [0.1, 0.15) is 29.9 Å². The van der Waals surface area contributed by atoms with Gasteiger partial charge in [0, 0.05) is 5.56 Å². The maximum Gasteiger partial charge on any atom is 0.363 e. The van der Waals surface area contributed by atoms with Gasteiger partial charge in [0.25, 0.3) is 0 Å². The van der Waals surface area contributed by atoms with Crippen molar-refractivity contribution in [2.45, 2.75) is 26.5 Å². The number of nitrogen functional groups attached to an aromatic ring is 1. The van der Waals surface area contributed by atoms with Gasteiger partial charge in [0.15, 0.2) is 5.82 Å². The number of anilines is 1. The van der Waals surface area contributed by atoms with E-state index in [0.29, 0.717) is 5.56 Å². The lowest BCUT2D eigenvalue weighted by molar-refractivity contribution is 0.0372. The molecule has 6 nitrogen and oxygen atoms in total. The highest BCUT2D eigenvalue weighted by atomic mass is 19.1. The molecule has 0 aliphatic rings. The van der Waals surface area contributed by atoms with E-state index in [4.69, 9.17) is 10.5 Å². The number of benzene rings is 1. The van der Waals surface area contributed by atoms with Gasteiger partial charge in [-0.1, -0.05) is 23.4 Å². The average Bonchev–Trinajstić information content (AvgIpc) is 2.73. The Bertz CT molecular complexity index is 625. The van der Waals surface area contributed by atoms with Crippen LogP contribution in [0, 0.1) is 5.82 Å². The molecule has 7 heteroatoms. The minimum atomic E-state index is -0.641. The highest BCUT2D eigenvalue weighted by Gasteiger charge is 2.20. The maximum absolute atomic E-state index is 13.6. The van der Waals surface area contributed by atoms with Crippen molar-refractivity contribution in [2.75, 3.05) is 5.73 Å². The summed E-state index contributed by atoms with van der Waals surface area (Å²) < 4.78 is 19.8. The van der Waals surface area contributed by atoms with Crippen molar-refractivity contribution in [2.24, 2.45) is 0 Å². The number of nitrogens with two attached hydrogens (primary N) is 1. The number of carbonyl (C=O) groups is 1. The van der Waals surface area contributed by atoms with E-state index in [1.165, 1.54) is 10.7 Å². The van der Waals surface area contributed by atoms with E-state index >= 15 is 0 Å². The summed E-state index contributed by atoms with van der Waals surface area (Å²) in [6, 6.07) is 6.26.